The largest absolute Gasteiger partial charge is 0.508 e. The number of phenolic OH excluding ortho intramolecular Hbond substituents is 1. The molecule has 0 aromatic heterocycles. The molecular weight excluding hydrogens is 184 g/mol. The monoisotopic (exact) mass is 198 g/mol. The molecule has 0 aliphatic rings. The number of phenols is 1. The predicted molar refractivity (Wildman–Crippen MR) is 56.4 cm³/mol. The third kappa shape index (κ3) is 3.69. The number of aromatic hydroxyl groups is 1. The summed E-state index contributed by atoms with van der Waals surface area (Å²) in [6, 6.07) is 7.45. The maximum Gasteiger partial charge on any atom is 0.118 e. The normalized spacial score (nSPS) is 12.8. The first-order chi connectivity index (χ1) is 6.20. The Kier molecular flexibility index (Phi) is 4.10. The van der Waals surface area contributed by atoms with Crippen molar-refractivity contribution in [1.29, 1.82) is 0 Å². The summed E-state index contributed by atoms with van der Waals surface area (Å²) in [7, 11) is 0. The Labute approximate surface area is 84.4 Å². The zero-order valence-electron chi connectivity index (χ0n) is 7.83. The smallest absolute Gasteiger partial charge is 0.118 e. The number of hydrogen-bond acceptors (Lipinski definition) is 1. The van der Waals surface area contributed by atoms with Gasteiger partial charge in [-0.3, -0.25) is 0 Å². The standard InChI is InChI=1S/C11H15ClO/c1-9(12)5-4-7-10-6-2-3-8-11(10)13/h2-3,6,8-9,13H,4-5,7H2,1H3. The fourth-order valence-electron chi connectivity index (χ4n) is 1.30. The number of halogens is 1. The summed E-state index contributed by atoms with van der Waals surface area (Å²) >= 11 is 5.82. The number of alkyl halides is 1. The summed E-state index contributed by atoms with van der Waals surface area (Å²) < 4.78 is 0. The molecule has 0 fully saturated rings. The molecule has 0 bridgehead atoms. The molecule has 0 aliphatic carbocycles. The van der Waals surface area contributed by atoms with Gasteiger partial charge in [-0.05, 0) is 37.8 Å². The average Bonchev–Trinajstić information content (AvgIpc) is 2.08. The first-order valence-electron chi connectivity index (χ1n) is 4.61. The molecule has 1 nitrogen and oxygen atoms in total. The Bertz CT molecular complexity index is 258. The van der Waals surface area contributed by atoms with Crippen molar-refractivity contribution >= 4 is 11.6 Å². The average molecular weight is 199 g/mol. The quantitative estimate of drug-likeness (QED) is 0.736. The molecule has 0 aliphatic heterocycles. The fraction of sp³-hybridized carbons (Fsp3) is 0.455. The number of aryl methyl sites for hydroxylation is 1. The third-order valence-corrected chi connectivity index (χ3v) is 2.26. The van der Waals surface area contributed by atoms with Crippen molar-refractivity contribution in [1.82, 2.24) is 0 Å². The Balaban J connectivity index is 2.41. The van der Waals surface area contributed by atoms with Crippen LogP contribution in [0.3, 0.4) is 0 Å². The number of hydrogen-bond donors (Lipinski definition) is 1. The van der Waals surface area contributed by atoms with E-state index in [0.29, 0.717) is 5.75 Å². The van der Waals surface area contributed by atoms with Crippen LogP contribution in [-0.4, -0.2) is 10.5 Å². The summed E-state index contributed by atoms with van der Waals surface area (Å²) in [4.78, 5) is 0. The highest BCUT2D eigenvalue weighted by molar-refractivity contribution is 6.20. The van der Waals surface area contributed by atoms with Crippen molar-refractivity contribution in [2.75, 3.05) is 0 Å². The lowest BCUT2D eigenvalue weighted by Crippen LogP contribution is -1.93. The van der Waals surface area contributed by atoms with Gasteiger partial charge in [-0.25, -0.2) is 0 Å². The summed E-state index contributed by atoms with van der Waals surface area (Å²) in [5, 5.41) is 9.67. The zero-order valence-corrected chi connectivity index (χ0v) is 8.59. The highest BCUT2D eigenvalue weighted by Crippen LogP contribution is 2.18. The maximum absolute atomic E-state index is 9.44. The molecule has 1 aromatic carbocycles. The molecule has 1 N–H and O–H groups in total. The van der Waals surface area contributed by atoms with Crippen molar-refractivity contribution in [3.8, 4) is 5.75 Å². The van der Waals surface area contributed by atoms with Gasteiger partial charge in [0.2, 0.25) is 0 Å². The van der Waals surface area contributed by atoms with Crippen LogP contribution in [0.4, 0.5) is 0 Å². The first kappa shape index (κ1) is 10.4. The minimum atomic E-state index is 0.228. The van der Waals surface area contributed by atoms with E-state index < -0.39 is 0 Å². The van der Waals surface area contributed by atoms with E-state index >= 15 is 0 Å². The topological polar surface area (TPSA) is 20.2 Å². The Morgan fingerprint density at radius 1 is 1.38 bits per heavy atom. The van der Waals surface area contributed by atoms with Gasteiger partial charge in [0.1, 0.15) is 5.75 Å². The van der Waals surface area contributed by atoms with Gasteiger partial charge in [-0.1, -0.05) is 18.2 Å². The molecule has 1 unspecified atom stereocenters. The molecule has 1 aromatic rings. The van der Waals surface area contributed by atoms with Gasteiger partial charge in [0, 0.05) is 5.38 Å². The van der Waals surface area contributed by atoms with Crippen LogP contribution in [0.15, 0.2) is 24.3 Å². The summed E-state index contributed by atoms with van der Waals surface area (Å²) in [6.45, 7) is 1.99. The van der Waals surface area contributed by atoms with E-state index in [0.717, 1.165) is 24.8 Å². The van der Waals surface area contributed by atoms with Gasteiger partial charge in [-0.15, -0.1) is 11.6 Å². The highest BCUT2D eigenvalue weighted by Gasteiger charge is 2.00. The van der Waals surface area contributed by atoms with Crippen LogP contribution >= 0.6 is 11.6 Å². The molecule has 0 saturated heterocycles. The van der Waals surface area contributed by atoms with Crippen molar-refractivity contribution in [3.63, 3.8) is 0 Å². The van der Waals surface area contributed by atoms with Crippen LogP contribution in [0.5, 0.6) is 5.75 Å². The second-order valence-corrected chi connectivity index (χ2v) is 4.05. The minimum Gasteiger partial charge on any atom is -0.508 e. The molecule has 13 heavy (non-hydrogen) atoms. The number of benzene rings is 1. The maximum atomic E-state index is 9.44. The molecule has 1 atom stereocenters. The summed E-state index contributed by atoms with van der Waals surface area (Å²) in [5.74, 6) is 0.393. The van der Waals surface area contributed by atoms with E-state index in [1.807, 2.05) is 25.1 Å². The lowest BCUT2D eigenvalue weighted by atomic mass is 10.1. The van der Waals surface area contributed by atoms with Gasteiger partial charge in [0.15, 0.2) is 0 Å². The minimum absolute atomic E-state index is 0.228. The van der Waals surface area contributed by atoms with Crippen molar-refractivity contribution < 1.29 is 5.11 Å². The lowest BCUT2D eigenvalue weighted by molar-refractivity contribution is 0.466. The molecule has 1 rings (SSSR count). The highest BCUT2D eigenvalue weighted by atomic mass is 35.5. The summed E-state index contributed by atoms with van der Waals surface area (Å²) in [5.41, 5.74) is 1.01. The summed E-state index contributed by atoms with van der Waals surface area (Å²) in [6.07, 6.45) is 2.93. The molecule has 0 radical (unpaired) electrons. The Morgan fingerprint density at radius 3 is 2.69 bits per heavy atom. The van der Waals surface area contributed by atoms with Crippen LogP contribution < -0.4 is 0 Å². The van der Waals surface area contributed by atoms with E-state index in [1.165, 1.54) is 0 Å². The van der Waals surface area contributed by atoms with Crippen molar-refractivity contribution in [2.45, 2.75) is 31.6 Å². The lowest BCUT2D eigenvalue weighted by Gasteiger charge is -2.04. The zero-order chi connectivity index (χ0) is 9.68. The first-order valence-corrected chi connectivity index (χ1v) is 5.04. The third-order valence-electron chi connectivity index (χ3n) is 2.04. The second kappa shape index (κ2) is 5.13. The fourth-order valence-corrected chi connectivity index (χ4v) is 1.45. The predicted octanol–water partition coefficient (Wildman–Crippen LogP) is 3.34. The Hall–Kier alpha value is -0.690. The van der Waals surface area contributed by atoms with Crippen LogP contribution in [0, 0.1) is 0 Å². The molecule has 0 spiro atoms. The van der Waals surface area contributed by atoms with Crippen LogP contribution in [0.25, 0.3) is 0 Å². The molecular formula is C11H15ClO. The van der Waals surface area contributed by atoms with E-state index in [4.69, 9.17) is 11.6 Å². The SMILES string of the molecule is CC(Cl)CCCc1ccccc1O. The van der Waals surface area contributed by atoms with E-state index in [2.05, 4.69) is 0 Å². The van der Waals surface area contributed by atoms with Gasteiger partial charge >= 0.3 is 0 Å². The Morgan fingerprint density at radius 2 is 2.08 bits per heavy atom. The van der Waals surface area contributed by atoms with Crippen LogP contribution in [-0.2, 0) is 6.42 Å². The van der Waals surface area contributed by atoms with E-state index in [-0.39, 0.29) is 5.38 Å². The van der Waals surface area contributed by atoms with Crippen LogP contribution in [0.2, 0.25) is 0 Å². The molecule has 72 valence electrons. The molecule has 0 amide bonds. The molecule has 0 heterocycles. The molecule has 2 heteroatoms. The van der Waals surface area contributed by atoms with Gasteiger partial charge in [0.05, 0.1) is 0 Å². The van der Waals surface area contributed by atoms with Gasteiger partial charge < -0.3 is 5.11 Å². The van der Waals surface area contributed by atoms with E-state index in [1.54, 1.807) is 6.07 Å². The van der Waals surface area contributed by atoms with Crippen molar-refractivity contribution in [2.24, 2.45) is 0 Å². The van der Waals surface area contributed by atoms with Gasteiger partial charge in [-0.2, -0.15) is 0 Å². The van der Waals surface area contributed by atoms with Crippen molar-refractivity contribution in [3.05, 3.63) is 29.8 Å². The number of para-hydroxylation sites is 1. The van der Waals surface area contributed by atoms with E-state index in [9.17, 15) is 5.11 Å². The number of rotatable bonds is 4. The van der Waals surface area contributed by atoms with Gasteiger partial charge in [0.25, 0.3) is 0 Å². The molecule has 0 saturated carbocycles. The van der Waals surface area contributed by atoms with Crippen LogP contribution in [0.1, 0.15) is 25.3 Å². The second-order valence-electron chi connectivity index (χ2n) is 3.30.